The van der Waals surface area contributed by atoms with E-state index in [1.165, 1.54) is 6.07 Å². The highest BCUT2D eigenvalue weighted by molar-refractivity contribution is 5.80. The summed E-state index contributed by atoms with van der Waals surface area (Å²) in [5.41, 5.74) is 2.88. The van der Waals surface area contributed by atoms with Crippen molar-refractivity contribution in [1.82, 2.24) is 20.0 Å². The summed E-state index contributed by atoms with van der Waals surface area (Å²) in [6, 6.07) is 8.97. The van der Waals surface area contributed by atoms with Crippen LogP contribution in [0.1, 0.15) is 35.3 Å². The zero-order valence-corrected chi connectivity index (χ0v) is 16.6. The van der Waals surface area contributed by atoms with E-state index in [2.05, 4.69) is 20.6 Å². The number of rotatable bonds is 5. The molecule has 29 heavy (non-hydrogen) atoms. The number of halogens is 3. The highest BCUT2D eigenvalue weighted by atomic mass is 19.4. The highest BCUT2D eigenvalue weighted by Gasteiger charge is 2.30. The Labute approximate surface area is 167 Å². The number of pyridine rings is 1. The second-order valence-corrected chi connectivity index (χ2v) is 6.89. The topological polar surface area (TPSA) is 53.7 Å². The predicted octanol–water partition coefficient (Wildman–Crippen LogP) is 4.13. The van der Waals surface area contributed by atoms with Crippen molar-refractivity contribution in [2.45, 2.75) is 32.5 Å². The van der Waals surface area contributed by atoms with Crippen LogP contribution in [0.15, 0.2) is 53.8 Å². The van der Waals surface area contributed by atoms with E-state index in [4.69, 9.17) is 0 Å². The molecular weight excluding hydrogens is 379 g/mol. The molecule has 8 heteroatoms. The first-order chi connectivity index (χ1) is 13.8. The smallest absolute Gasteiger partial charge is 0.356 e. The fourth-order valence-electron chi connectivity index (χ4n) is 3.10. The van der Waals surface area contributed by atoms with Gasteiger partial charge in [-0.15, -0.1) is 0 Å². The van der Waals surface area contributed by atoms with Crippen molar-refractivity contribution in [1.29, 1.82) is 0 Å². The van der Waals surface area contributed by atoms with Crippen molar-refractivity contribution < 1.29 is 13.2 Å². The molecule has 154 valence electrons. The summed E-state index contributed by atoms with van der Waals surface area (Å²) in [6.07, 6.45) is 0.289. The molecule has 1 aromatic carbocycles. The quantitative estimate of drug-likeness (QED) is 0.498. The van der Waals surface area contributed by atoms with Gasteiger partial charge in [-0.05, 0) is 43.2 Å². The zero-order chi connectivity index (χ0) is 21.0. The van der Waals surface area contributed by atoms with E-state index < -0.39 is 11.7 Å². The lowest BCUT2D eigenvalue weighted by molar-refractivity contribution is -0.137. The van der Waals surface area contributed by atoms with Gasteiger partial charge in [-0.1, -0.05) is 18.2 Å². The number of nitrogens with one attached hydrogen (secondary N) is 2. The third-order valence-corrected chi connectivity index (χ3v) is 4.69. The van der Waals surface area contributed by atoms with Crippen molar-refractivity contribution >= 4 is 11.6 Å². The predicted molar refractivity (Wildman–Crippen MR) is 108 cm³/mol. The first-order valence-electron chi connectivity index (χ1n) is 9.35. The molecule has 1 atom stereocenters. The summed E-state index contributed by atoms with van der Waals surface area (Å²) < 4.78 is 40.8. The van der Waals surface area contributed by atoms with Crippen molar-refractivity contribution in [3.05, 3.63) is 71.2 Å². The summed E-state index contributed by atoms with van der Waals surface area (Å²) in [6.45, 7) is 4.41. The minimum absolute atomic E-state index is 0.332. The third-order valence-electron chi connectivity index (χ3n) is 4.69. The van der Waals surface area contributed by atoms with Crippen molar-refractivity contribution in [3.63, 3.8) is 0 Å². The highest BCUT2D eigenvalue weighted by Crippen LogP contribution is 2.30. The van der Waals surface area contributed by atoms with Gasteiger partial charge in [-0.2, -0.15) is 13.2 Å². The van der Waals surface area contributed by atoms with E-state index in [1.54, 1.807) is 20.0 Å². The largest absolute Gasteiger partial charge is 0.416 e. The van der Waals surface area contributed by atoms with Crippen LogP contribution < -0.4 is 10.6 Å². The van der Waals surface area contributed by atoms with Crippen LogP contribution in [0, 0.1) is 6.92 Å². The molecule has 0 bridgehead atoms. The Morgan fingerprint density at radius 2 is 2.03 bits per heavy atom. The summed E-state index contributed by atoms with van der Waals surface area (Å²) in [5.74, 6) is 0.523. The van der Waals surface area contributed by atoms with E-state index in [0.29, 0.717) is 24.5 Å². The van der Waals surface area contributed by atoms with Crippen LogP contribution in [0.3, 0.4) is 0 Å². The molecular formula is C21H24F3N5. The van der Waals surface area contributed by atoms with E-state index in [-0.39, 0.29) is 6.04 Å². The molecule has 3 rings (SSSR count). The minimum Gasteiger partial charge on any atom is -0.356 e. The number of imidazole rings is 1. The maximum atomic E-state index is 12.9. The molecule has 0 aliphatic heterocycles. The van der Waals surface area contributed by atoms with Gasteiger partial charge in [0.1, 0.15) is 5.65 Å². The van der Waals surface area contributed by atoms with Gasteiger partial charge in [0.25, 0.3) is 0 Å². The number of nitrogens with zero attached hydrogens (tertiary/aromatic N) is 3. The van der Waals surface area contributed by atoms with Crippen LogP contribution in [0.5, 0.6) is 0 Å². The van der Waals surface area contributed by atoms with Crippen LogP contribution >= 0.6 is 0 Å². The number of aliphatic imine (C=N–C) groups is 1. The maximum Gasteiger partial charge on any atom is 0.416 e. The number of aryl methyl sites for hydroxylation is 1. The molecule has 0 saturated carbocycles. The summed E-state index contributed by atoms with van der Waals surface area (Å²) >= 11 is 0. The molecule has 1 unspecified atom stereocenters. The van der Waals surface area contributed by atoms with Gasteiger partial charge in [0.2, 0.25) is 0 Å². The second kappa shape index (κ2) is 8.55. The fourth-order valence-corrected chi connectivity index (χ4v) is 3.10. The summed E-state index contributed by atoms with van der Waals surface area (Å²) in [7, 11) is 1.63. The van der Waals surface area contributed by atoms with Gasteiger partial charge in [0.05, 0.1) is 17.3 Å². The van der Waals surface area contributed by atoms with Gasteiger partial charge in [0.15, 0.2) is 5.96 Å². The molecule has 3 aromatic rings. The number of alkyl halides is 3. The van der Waals surface area contributed by atoms with Crippen LogP contribution in [0.2, 0.25) is 0 Å². The van der Waals surface area contributed by atoms with Gasteiger partial charge in [-0.3, -0.25) is 4.99 Å². The van der Waals surface area contributed by atoms with E-state index in [9.17, 15) is 13.2 Å². The summed E-state index contributed by atoms with van der Waals surface area (Å²) in [5, 5.41) is 6.32. The van der Waals surface area contributed by atoms with Crippen LogP contribution in [-0.4, -0.2) is 28.9 Å². The average Bonchev–Trinajstić information content (AvgIpc) is 3.11. The monoisotopic (exact) mass is 403 g/mol. The minimum atomic E-state index is -4.36. The van der Waals surface area contributed by atoms with E-state index in [0.717, 1.165) is 29.0 Å². The number of fused-ring (bicyclic) bond motifs is 1. The number of hydrogen-bond acceptors (Lipinski definition) is 2. The van der Waals surface area contributed by atoms with Crippen molar-refractivity contribution in [2.75, 3.05) is 13.6 Å². The molecule has 2 heterocycles. The van der Waals surface area contributed by atoms with Gasteiger partial charge < -0.3 is 15.0 Å². The molecule has 2 aromatic heterocycles. The van der Waals surface area contributed by atoms with Gasteiger partial charge in [-0.25, -0.2) is 4.98 Å². The van der Waals surface area contributed by atoms with Crippen LogP contribution in [-0.2, 0) is 12.6 Å². The normalized spacial score (nSPS) is 13.5. The van der Waals surface area contributed by atoms with Crippen molar-refractivity contribution in [2.24, 2.45) is 4.99 Å². The number of guanidine groups is 1. The second-order valence-electron chi connectivity index (χ2n) is 6.89. The van der Waals surface area contributed by atoms with Crippen LogP contribution in [0.4, 0.5) is 13.2 Å². The molecule has 0 saturated heterocycles. The number of benzene rings is 1. The maximum absolute atomic E-state index is 12.9. The molecule has 0 aliphatic rings. The molecule has 5 nitrogen and oxygen atoms in total. The number of hydrogen-bond donors (Lipinski definition) is 2. The molecule has 0 radical (unpaired) electrons. The standard InChI is InChI=1S/C21H24F3N5/c1-14-6-5-11-29-13-18(28-19(14)29)9-10-26-20(25-3)27-15(2)16-7-4-8-17(12-16)21(22,23)24/h4-8,11-13,15H,9-10H2,1-3H3,(H2,25,26,27). The number of aromatic nitrogens is 2. The Balaban J connectivity index is 1.58. The lowest BCUT2D eigenvalue weighted by atomic mass is 10.1. The van der Waals surface area contributed by atoms with Gasteiger partial charge in [0, 0.05) is 32.4 Å². The molecule has 0 spiro atoms. The van der Waals surface area contributed by atoms with Crippen molar-refractivity contribution in [3.8, 4) is 0 Å². The third kappa shape index (κ3) is 5.07. The molecule has 2 N–H and O–H groups in total. The lowest BCUT2D eigenvalue weighted by Crippen LogP contribution is -2.39. The first kappa shape index (κ1) is 20.7. The SMILES string of the molecule is CN=C(NCCc1cn2cccc(C)c2n1)NC(C)c1cccc(C(F)(F)F)c1. The Hall–Kier alpha value is -3.03. The first-order valence-corrected chi connectivity index (χ1v) is 9.35. The lowest BCUT2D eigenvalue weighted by Gasteiger charge is -2.19. The zero-order valence-electron chi connectivity index (χ0n) is 16.6. The average molecular weight is 403 g/mol. The Morgan fingerprint density at radius 1 is 1.24 bits per heavy atom. The Bertz CT molecular complexity index is 1010. The fraction of sp³-hybridized carbons (Fsp3) is 0.333. The molecule has 0 amide bonds. The Kier molecular flexibility index (Phi) is 6.10. The van der Waals surface area contributed by atoms with E-state index in [1.807, 2.05) is 35.9 Å². The van der Waals surface area contributed by atoms with Crippen LogP contribution in [0.25, 0.3) is 5.65 Å². The molecule has 0 aliphatic carbocycles. The molecule has 0 fully saturated rings. The van der Waals surface area contributed by atoms with Gasteiger partial charge >= 0.3 is 6.18 Å². The Morgan fingerprint density at radius 3 is 2.72 bits per heavy atom. The van der Waals surface area contributed by atoms with E-state index >= 15 is 0 Å². The summed E-state index contributed by atoms with van der Waals surface area (Å²) in [4.78, 5) is 8.79.